The molecule has 2 aliphatic heterocycles. The van der Waals surface area contributed by atoms with Crippen LogP contribution in [-0.4, -0.2) is 73.4 Å². The summed E-state index contributed by atoms with van der Waals surface area (Å²) in [6.07, 6.45) is 0.376. The zero-order chi connectivity index (χ0) is 26.5. The highest BCUT2D eigenvalue weighted by Gasteiger charge is 2.36. The van der Waals surface area contributed by atoms with Gasteiger partial charge in [-0.15, -0.1) is 0 Å². The van der Waals surface area contributed by atoms with Crippen LogP contribution in [0, 0.1) is 5.82 Å². The van der Waals surface area contributed by atoms with Crippen molar-refractivity contribution in [3.8, 4) is 11.5 Å². The molecule has 0 bridgehead atoms. The first kappa shape index (κ1) is 25.9. The molecule has 1 amide bonds. The molecular weight excluding hydrogens is 483 g/mol. The Hall–Kier alpha value is -3.75. The first-order valence-electron chi connectivity index (χ1n) is 12.9. The van der Waals surface area contributed by atoms with Gasteiger partial charge < -0.3 is 9.47 Å². The van der Waals surface area contributed by atoms with Crippen LogP contribution >= 0.6 is 0 Å². The first-order valence-corrected chi connectivity index (χ1v) is 12.9. The summed E-state index contributed by atoms with van der Waals surface area (Å²) in [5, 5.41) is 6.18. The van der Waals surface area contributed by atoms with Gasteiger partial charge in [0.1, 0.15) is 17.3 Å². The van der Waals surface area contributed by atoms with Crippen molar-refractivity contribution in [2.45, 2.75) is 19.0 Å². The normalized spacial score (nSPS) is 18.3. The van der Waals surface area contributed by atoms with Crippen LogP contribution in [-0.2, 0) is 11.3 Å². The van der Waals surface area contributed by atoms with Crippen LogP contribution in [0.3, 0.4) is 0 Å². The van der Waals surface area contributed by atoms with Crippen molar-refractivity contribution >= 4 is 11.6 Å². The second-order valence-corrected chi connectivity index (χ2v) is 9.63. The number of hydrazone groups is 1. The molecule has 0 radical (unpaired) electrons. The molecule has 2 heterocycles. The number of carbonyl (C=O) groups is 1. The summed E-state index contributed by atoms with van der Waals surface area (Å²) in [4.78, 5) is 18.3. The molecule has 0 N–H and O–H groups in total. The van der Waals surface area contributed by atoms with Gasteiger partial charge in [-0.1, -0.05) is 48.5 Å². The zero-order valence-corrected chi connectivity index (χ0v) is 21.8. The topological polar surface area (TPSA) is 57.6 Å². The summed E-state index contributed by atoms with van der Waals surface area (Å²) >= 11 is 0. The fourth-order valence-corrected chi connectivity index (χ4v) is 5.15. The molecule has 0 spiro atoms. The predicted molar refractivity (Wildman–Crippen MR) is 145 cm³/mol. The average molecular weight is 517 g/mol. The lowest BCUT2D eigenvalue weighted by Gasteiger charge is -2.35. The van der Waals surface area contributed by atoms with Crippen LogP contribution in [0.1, 0.15) is 29.2 Å². The van der Waals surface area contributed by atoms with E-state index in [2.05, 4.69) is 39.2 Å². The molecule has 7 nitrogen and oxygen atoms in total. The summed E-state index contributed by atoms with van der Waals surface area (Å²) < 4.78 is 25.8. The van der Waals surface area contributed by atoms with E-state index in [0.717, 1.165) is 38.3 Å². The van der Waals surface area contributed by atoms with Gasteiger partial charge in [0, 0.05) is 50.3 Å². The number of carbonyl (C=O) groups excluding carboxylic acids is 1. The Labute approximate surface area is 223 Å². The fourth-order valence-electron chi connectivity index (χ4n) is 5.15. The molecule has 0 aliphatic carbocycles. The number of piperazine rings is 1. The Balaban J connectivity index is 1.34. The van der Waals surface area contributed by atoms with Crippen molar-refractivity contribution in [3.05, 3.63) is 95.3 Å². The second kappa shape index (κ2) is 11.8. The van der Waals surface area contributed by atoms with E-state index in [1.165, 1.54) is 16.6 Å². The van der Waals surface area contributed by atoms with E-state index >= 15 is 0 Å². The maximum atomic E-state index is 14.7. The molecule has 198 valence electrons. The summed E-state index contributed by atoms with van der Waals surface area (Å²) in [7, 11) is 3.20. The molecule has 1 saturated heterocycles. The number of nitrogens with zero attached hydrogens (tertiary/aromatic N) is 4. The van der Waals surface area contributed by atoms with Gasteiger partial charge >= 0.3 is 0 Å². The van der Waals surface area contributed by atoms with Gasteiger partial charge in [-0.05, 0) is 29.8 Å². The van der Waals surface area contributed by atoms with Crippen molar-refractivity contribution < 1.29 is 18.7 Å². The lowest BCUT2D eigenvalue weighted by Crippen LogP contribution is -2.49. The van der Waals surface area contributed by atoms with Gasteiger partial charge in [0.25, 0.3) is 5.91 Å². The summed E-state index contributed by atoms with van der Waals surface area (Å²) in [5.41, 5.74) is 3.02. The van der Waals surface area contributed by atoms with Crippen LogP contribution in [0.2, 0.25) is 0 Å². The molecule has 3 aromatic carbocycles. The van der Waals surface area contributed by atoms with E-state index in [9.17, 15) is 9.18 Å². The number of rotatable bonds is 8. The molecule has 1 fully saturated rings. The number of benzene rings is 3. The highest BCUT2D eigenvalue weighted by molar-refractivity contribution is 6.03. The minimum atomic E-state index is -0.429. The lowest BCUT2D eigenvalue weighted by atomic mass is 9.97. The number of ether oxygens (including phenoxy) is 2. The van der Waals surface area contributed by atoms with Gasteiger partial charge in [-0.25, -0.2) is 9.40 Å². The van der Waals surface area contributed by atoms with Crippen LogP contribution < -0.4 is 9.47 Å². The number of hydrogen-bond acceptors (Lipinski definition) is 6. The SMILES string of the molecule is COc1ccc(OC)c([C@H]2CC(c3ccccc3F)=NN2C(=O)CN2CCN(Cc3ccccc3)CC2)c1. The van der Waals surface area contributed by atoms with E-state index in [1.807, 2.05) is 24.3 Å². The van der Waals surface area contributed by atoms with Crippen LogP contribution in [0.15, 0.2) is 77.9 Å². The minimum absolute atomic E-state index is 0.122. The molecule has 0 unspecified atom stereocenters. The Morgan fingerprint density at radius 1 is 0.921 bits per heavy atom. The predicted octanol–water partition coefficient (Wildman–Crippen LogP) is 4.34. The standard InChI is InChI=1S/C30H33FN4O3/c1-37-23-12-13-29(38-2)25(18-23)28-19-27(24-10-6-7-11-26(24)31)32-35(28)30(36)21-34-16-14-33(15-17-34)20-22-8-4-3-5-9-22/h3-13,18,28H,14-17,19-21H2,1-2H3/t28-/m1/s1. The first-order chi connectivity index (χ1) is 18.6. The van der Waals surface area contributed by atoms with Gasteiger partial charge in [0.05, 0.1) is 32.5 Å². The maximum absolute atomic E-state index is 14.7. The van der Waals surface area contributed by atoms with Crippen molar-refractivity contribution in [3.63, 3.8) is 0 Å². The quantitative estimate of drug-likeness (QED) is 0.446. The molecule has 0 aromatic heterocycles. The van der Waals surface area contributed by atoms with E-state index in [-0.39, 0.29) is 18.3 Å². The summed E-state index contributed by atoms with van der Waals surface area (Å²) in [6, 6.07) is 22.1. The summed E-state index contributed by atoms with van der Waals surface area (Å²) in [5.74, 6) is 0.810. The number of amides is 1. The zero-order valence-electron chi connectivity index (χ0n) is 21.8. The molecule has 1 atom stereocenters. The smallest absolute Gasteiger partial charge is 0.257 e. The molecule has 8 heteroatoms. The molecule has 3 aromatic rings. The maximum Gasteiger partial charge on any atom is 0.257 e. The van der Waals surface area contributed by atoms with Gasteiger partial charge in [-0.3, -0.25) is 14.6 Å². The van der Waals surface area contributed by atoms with Gasteiger partial charge in [0.2, 0.25) is 0 Å². The number of methoxy groups -OCH3 is 2. The van der Waals surface area contributed by atoms with Gasteiger partial charge in [-0.2, -0.15) is 5.10 Å². The fraction of sp³-hybridized carbons (Fsp3) is 0.333. The van der Waals surface area contributed by atoms with E-state index in [4.69, 9.17) is 9.47 Å². The van der Waals surface area contributed by atoms with Crippen LogP contribution in [0.5, 0.6) is 11.5 Å². The van der Waals surface area contributed by atoms with Crippen LogP contribution in [0.25, 0.3) is 0 Å². The molecule has 38 heavy (non-hydrogen) atoms. The van der Waals surface area contributed by atoms with E-state index in [1.54, 1.807) is 32.4 Å². The van der Waals surface area contributed by atoms with E-state index < -0.39 is 6.04 Å². The van der Waals surface area contributed by atoms with E-state index in [0.29, 0.717) is 29.2 Å². The minimum Gasteiger partial charge on any atom is -0.497 e. The molecule has 5 rings (SSSR count). The largest absolute Gasteiger partial charge is 0.497 e. The third kappa shape index (κ3) is 5.71. The molecular formula is C30H33FN4O3. The molecule has 0 saturated carbocycles. The Kier molecular flexibility index (Phi) is 8.00. The van der Waals surface area contributed by atoms with Crippen molar-refractivity contribution in [1.29, 1.82) is 0 Å². The Morgan fingerprint density at radius 2 is 1.63 bits per heavy atom. The van der Waals surface area contributed by atoms with Crippen molar-refractivity contribution in [2.75, 3.05) is 46.9 Å². The summed E-state index contributed by atoms with van der Waals surface area (Å²) in [6.45, 7) is 4.52. The Bertz CT molecular complexity index is 1290. The Morgan fingerprint density at radius 3 is 2.34 bits per heavy atom. The van der Waals surface area contributed by atoms with Crippen LogP contribution in [0.4, 0.5) is 4.39 Å². The highest BCUT2D eigenvalue weighted by Crippen LogP contribution is 2.39. The number of hydrogen-bond donors (Lipinski definition) is 0. The average Bonchev–Trinajstić information content (AvgIpc) is 3.40. The number of halogens is 1. The monoisotopic (exact) mass is 516 g/mol. The highest BCUT2D eigenvalue weighted by atomic mass is 19.1. The van der Waals surface area contributed by atoms with Crippen molar-refractivity contribution in [2.24, 2.45) is 5.10 Å². The van der Waals surface area contributed by atoms with Gasteiger partial charge in [0.15, 0.2) is 0 Å². The third-order valence-corrected chi connectivity index (χ3v) is 7.22. The molecule has 2 aliphatic rings. The third-order valence-electron chi connectivity index (χ3n) is 7.22. The lowest BCUT2D eigenvalue weighted by molar-refractivity contribution is -0.134. The second-order valence-electron chi connectivity index (χ2n) is 9.63. The van der Waals surface area contributed by atoms with Crippen molar-refractivity contribution in [1.82, 2.24) is 14.8 Å².